The molecule has 1 heterocycles. The lowest BCUT2D eigenvalue weighted by Crippen LogP contribution is -2.49. The molecule has 0 aromatic rings. The van der Waals surface area contributed by atoms with Crippen molar-refractivity contribution in [3.8, 4) is 0 Å². The van der Waals surface area contributed by atoms with Gasteiger partial charge in [0.15, 0.2) is 5.96 Å². The van der Waals surface area contributed by atoms with E-state index in [4.69, 9.17) is 0 Å². The highest BCUT2D eigenvalue weighted by Crippen LogP contribution is 2.40. The molecule has 0 aromatic carbocycles. The van der Waals surface area contributed by atoms with Crippen LogP contribution in [-0.2, 0) is 0 Å². The van der Waals surface area contributed by atoms with E-state index in [0.717, 1.165) is 30.9 Å². The summed E-state index contributed by atoms with van der Waals surface area (Å²) in [5.74, 6) is 3.01. The van der Waals surface area contributed by atoms with Crippen LogP contribution in [0.5, 0.6) is 0 Å². The molecule has 120 valence electrons. The van der Waals surface area contributed by atoms with E-state index in [1.165, 1.54) is 64.5 Å². The molecule has 2 N–H and O–H groups in total. The van der Waals surface area contributed by atoms with Crippen molar-refractivity contribution < 1.29 is 0 Å². The third-order valence-electron chi connectivity index (χ3n) is 5.77. The number of likely N-dealkylation sites (tertiary alicyclic amines) is 1. The third-order valence-corrected chi connectivity index (χ3v) is 5.77. The number of fused-ring (bicyclic) bond motifs is 1. The predicted molar refractivity (Wildman–Crippen MR) is 88.6 cm³/mol. The van der Waals surface area contributed by atoms with Crippen molar-refractivity contribution in [2.24, 2.45) is 16.8 Å². The lowest BCUT2D eigenvalue weighted by Gasteiger charge is -2.40. The molecular formula is C17H32N4. The van der Waals surface area contributed by atoms with Gasteiger partial charge in [-0.25, -0.2) is 0 Å². The zero-order valence-electron chi connectivity index (χ0n) is 13.6. The maximum absolute atomic E-state index is 4.40. The molecule has 0 radical (unpaired) electrons. The van der Waals surface area contributed by atoms with Gasteiger partial charge in [0.2, 0.25) is 0 Å². The first-order chi connectivity index (χ1) is 10.3. The molecule has 1 saturated heterocycles. The summed E-state index contributed by atoms with van der Waals surface area (Å²) in [6.07, 6.45) is 11.4. The van der Waals surface area contributed by atoms with E-state index in [2.05, 4.69) is 20.5 Å². The number of aliphatic imine (C=N–C) groups is 1. The molecule has 1 aliphatic heterocycles. The van der Waals surface area contributed by atoms with Crippen molar-refractivity contribution in [1.82, 2.24) is 15.5 Å². The van der Waals surface area contributed by atoms with Crippen LogP contribution in [0.4, 0.5) is 0 Å². The Hall–Kier alpha value is -0.770. The van der Waals surface area contributed by atoms with E-state index in [9.17, 15) is 0 Å². The van der Waals surface area contributed by atoms with Crippen LogP contribution in [0.1, 0.15) is 51.4 Å². The Morgan fingerprint density at radius 3 is 2.57 bits per heavy atom. The van der Waals surface area contributed by atoms with Crippen molar-refractivity contribution >= 4 is 5.96 Å². The van der Waals surface area contributed by atoms with Gasteiger partial charge < -0.3 is 15.5 Å². The Kier molecular flexibility index (Phi) is 5.39. The second-order valence-electron chi connectivity index (χ2n) is 7.15. The summed E-state index contributed by atoms with van der Waals surface area (Å²) >= 11 is 0. The minimum absolute atomic E-state index is 0.638. The Balaban J connectivity index is 1.39. The van der Waals surface area contributed by atoms with Crippen LogP contribution in [-0.4, -0.2) is 50.1 Å². The van der Waals surface area contributed by atoms with Gasteiger partial charge in [-0.05, 0) is 50.6 Å². The normalized spacial score (nSPS) is 34.0. The number of hydrogen-bond donors (Lipinski definition) is 2. The molecule has 0 spiro atoms. The molecule has 4 nitrogen and oxygen atoms in total. The minimum atomic E-state index is 0.638. The summed E-state index contributed by atoms with van der Waals surface area (Å²) in [7, 11) is 1.89. The van der Waals surface area contributed by atoms with E-state index in [-0.39, 0.29) is 0 Å². The van der Waals surface area contributed by atoms with Gasteiger partial charge in [-0.15, -0.1) is 0 Å². The molecule has 2 saturated carbocycles. The zero-order valence-corrected chi connectivity index (χ0v) is 13.6. The van der Waals surface area contributed by atoms with Crippen molar-refractivity contribution in [3.63, 3.8) is 0 Å². The minimum Gasteiger partial charge on any atom is -0.355 e. The molecule has 21 heavy (non-hydrogen) atoms. The Morgan fingerprint density at radius 2 is 1.86 bits per heavy atom. The van der Waals surface area contributed by atoms with E-state index < -0.39 is 0 Å². The van der Waals surface area contributed by atoms with Gasteiger partial charge in [-0.2, -0.15) is 0 Å². The van der Waals surface area contributed by atoms with Crippen LogP contribution >= 0.6 is 0 Å². The summed E-state index contributed by atoms with van der Waals surface area (Å²) in [6, 6.07) is 0.638. The predicted octanol–water partition coefficient (Wildman–Crippen LogP) is 2.22. The summed E-state index contributed by atoms with van der Waals surface area (Å²) in [6.45, 7) is 4.72. The van der Waals surface area contributed by atoms with Crippen LogP contribution < -0.4 is 10.6 Å². The number of nitrogens with one attached hydrogen (secondary N) is 2. The highest BCUT2D eigenvalue weighted by Gasteiger charge is 2.32. The van der Waals surface area contributed by atoms with Gasteiger partial charge in [0, 0.05) is 26.2 Å². The van der Waals surface area contributed by atoms with E-state index in [1.54, 1.807) is 0 Å². The SMILES string of the molecule is CN=C(NCCN1CCC1)NC1CCC2CCCCC2C1. The van der Waals surface area contributed by atoms with Crippen molar-refractivity contribution in [2.45, 2.75) is 57.4 Å². The number of rotatable bonds is 4. The molecule has 0 bridgehead atoms. The summed E-state index contributed by atoms with van der Waals surface area (Å²) < 4.78 is 0. The molecule has 3 fully saturated rings. The number of hydrogen-bond acceptors (Lipinski definition) is 2. The fourth-order valence-corrected chi connectivity index (χ4v) is 4.33. The van der Waals surface area contributed by atoms with Crippen LogP contribution in [0.15, 0.2) is 4.99 Å². The van der Waals surface area contributed by atoms with E-state index in [1.807, 2.05) is 7.05 Å². The van der Waals surface area contributed by atoms with Crippen molar-refractivity contribution in [3.05, 3.63) is 0 Å². The molecule has 0 aromatic heterocycles. The quantitative estimate of drug-likeness (QED) is 0.616. The Bertz CT molecular complexity index is 351. The molecule has 3 aliphatic rings. The largest absolute Gasteiger partial charge is 0.355 e. The topological polar surface area (TPSA) is 39.7 Å². The van der Waals surface area contributed by atoms with Crippen LogP contribution in [0.3, 0.4) is 0 Å². The molecule has 3 atom stereocenters. The molecular weight excluding hydrogens is 260 g/mol. The third kappa shape index (κ3) is 4.12. The van der Waals surface area contributed by atoms with E-state index in [0.29, 0.717) is 6.04 Å². The molecule has 4 heteroatoms. The molecule has 3 unspecified atom stereocenters. The van der Waals surface area contributed by atoms with Gasteiger partial charge in [0.25, 0.3) is 0 Å². The van der Waals surface area contributed by atoms with Gasteiger partial charge in [-0.1, -0.05) is 25.7 Å². The zero-order chi connectivity index (χ0) is 14.5. The number of nitrogens with zero attached hydrogens (tertiary/aromatic N) is 2. The second kappa shape index (κ2) is 7.48. The smallest absolute Gasteiger partial charge is 0.191 e. The van der Waals surface area contributed by atoms with Gasteiger partial charge in [0.05, 0.1) is 0 Å². The first-order valence-electron chi connectivity index (χ1n) is 9.04. The average Bonchev–Trinajstić information content (AvgIpc) is 2.48. The van der Waals surface area contributed by atoms with Crippen molar-refractivity contribution in [2.75, 3.05) is 33.2 Å². The Labute approximate surface area is 129 Å². The van der Waals surface area contributed by atoms with Gasteiger partial charge in [-0.3, -0.25) is 4.99 Å². The summed E-state index contributed by atoms with van der Waals surface area (Å²) in [5.41, 5.74) is 0. The fraction of sp³-hybridized carbons (Fsp3) is 0.941. The summed E-state index contributed by atoms with van der Waals surface area (Å²) in [5, 5.41) is 7.15. The van der Waals surface area contributed by atoms with Crippen LogP contribution in [0, 0.1) is 11.8 Å². The maximum atomic E-state index is 4.40. The monoisotopic (exact) mass is 292 g/mol. The fourth-order valence-electron chi connectivity index (χ4n) is 4.33. The van der Waals surface area contributed by atoms with Crippen LogP contribution in [0.25, 0.3) is 0 Å². The molecule has 3 rings (SSSR count). The van der Waals surface area contributed by atoms with Crippen molar-refractivity contribution in [1.29, 1.82) is 0 Å². The second-order valence-corrected chi connectivity index (χ2v) is 7.15. The number of guanidine groups is 1. The first-order valence-corrected chi connectivity index (χ1v) is 9.04. The summed E-state index contributed by atoms with van der Waals surface area (Å²) in [4.78, 5) is 6.90. The molecule has 0 amide bonds. The van der Waals surface area contributed by atoms with Gasteiger partial charge >= 0.3 is 0 Å². The lowest BCUT2D eigenvalue weighted by atomic mass is 9.69. The molecule has 2 aliphatic carbocycles. The first kappa shape index (κ1) is 15.1. The van der Waals surface area contributed by atoms with Crippen LogP contribution in [0.2, 0.25) is 0 Å². The highest BCUT2D eigenvalue weighted by atomic mass is 15.2. The lowest BCUT2D eigenvalue weighted by molar-refractivity contribution is 0.150. The van der Waals surface area contributed by atoms with E-state index >= 15 is 0 Å². The Morgan fingerprint density at radius 1 is 1.05 bits per heavy atom. The highest BCUT2D eigenvalue weighted by molar-refractivity contribution is 5.79. The maximum Gasteiger partial charge on any atom is 0.191 e. The standard InChI is InChI=1S/C17H32N4/c1-18-17(19-9-12-21-10-4-11-21)20-16-8-7-14-5-2-3-6-15(14)13-16/h14-16H,2-13H2,1H3,(H2,18,19,20). The van der Waals surface area contributed by atoms with Gasteiger partial charge in [0.1, 0.15) is 0 Å². The average molecular weight is 292 g/mol.